The number of carbonyl (C=O) groups excluding carboxylic acids is 1. The molecule has 1 heterocycles. The lowest BCUT2D eigenvalue weighted by Gasteiger charge is -2.13. The number of sulfonamides is 1. The summed E-state index contributed by atoms with van der Waals surface area (Å²) in [5, 5.41) is 11.2. The summed E-state index contributed by atoms with van der Waals surface area (Å²) in [6, 6.07) is 28.2. The third-order valence-electron chi connectivity index (χ3n) is 5.76. The van der Waals surface area contributed by atoms with Crippen molar-refractivity contribution in [3.8, 4) is 0 Å². The molecule has 0 fully saturated rings. The summed E-state index contributed by atoms with van der Waals surface area (Å²) in [5.74, 6) is -0.298. The second-order valence-electron chi connectivity index (χ2n) is 8.34. The number of rotatable bonds is 7. The zero-order chi connectivity index (χ0) is 25.1. The van der Waals surface area contributed by atoms with Crippen LogP contribution in [0.4, 0.5) is 11.4 Å². The lowest BCUT2D eigenvalue weighted by atomic mass is 10.1. The largest absolute Gasteiger partial charge is 0.322 e. The minimum Gasteiger partial charge on any atom is -0.322 e. The molecule has 9 heteroatoms. The quantitative estimate of drug-likeness (QED) is 0.335. The van der Waals surface area contributed by atoms with Crippen LogP contribution in [0.1, 0.15) is 21.5 Å². The molecule has 5 rings (SSSR count). The number of para-hydroxylation sites is 1. The van der Waals surface area contributed by atoms with Crippen molar-refractivity contribution < 1.29 is 13.2 Å². The van der Waals surface area contributed by atoms with Crippen LogP contribution in [0.3, 0.4) is 0 Å². The summed E-state index contributed by atoms with van der Waals surface area (Å²) < 4.78 is 29.9. The van der Waals surface area contributed by atoms with Crippen molar-refractivity contribution in [3.05, 3.63) is 114 Å². The van der Waals surface area contributed by atoms with Gasteiger partial charge in [0.2, 0.25) is 0 Å². The number of anilines is 2. The number of fused-ring (bicyclic) bond motifs is 1. The van der Waals surface area contributed by atoms with Crippen LogP contribution in [-0.4, -0.2) is 29.3 Å². The molecule has 5 aromatic rings. The molecule has 0 radical (unpaired) electrons. The van der Waals surface area contributed by atoms with Crippen LogP contribution in [0.5, 0.6) is 0 Å². The Morgan fingerprint density at radius 3 is 2.39 bits per heavy atom. The Morgan fingerprint density at radius 1 is 0.889 bits per heavy atom. The second kappa shape index (κ2) is 9.63. The maximum Gasteiger partial charge on any atom is 0.261 e. The molecule has 1 aromatic heterocycles. The molecule has 4 aromatic carbocycles. The van der Waals surface area contributed by atoms with Crippen LogP contribution in [-0.2, 0) is 16.6 Å². The molecule has 0 bridgehead atoms. The fourth-order valence-electron chi connectivity index (χ4n) is 3.78. The third kappa shape index (κ3) is 4.96. The fraction of sp³-hybridized carbons (Fsp3) is 0.0741. The van der Waals surface area contributed by atoms with Crippen molar-refractivity contribution in [2.75, 3.05) is 10.0 Å². The van der Waals surface area contributed by atoms with Gasteiger partial charge in [-0.15, -0.1) is 5.10 Å². The molecule has 0 unspecified atom stereocenters. The van der Waals surface area contributed by atoms with Gasteiger partial charge >= 0.3 is 0 Å². The number of aromatic nitrogens is 3. The number of nitrogens with one attached hydrogen (secondary N) is 2. The molecule has 0 saturated carbocycles. The summed E-state index contributed by atoms with van der Waals surface area (Å²) in [4.78, 5) is 13.0. The third-order valence-corrected chi connectivity index (χ3v) is 7.14. The zero-order valence-corrected chi connectivity index (χ0v) is 20.2. The highest BCUT2D eigenvalue weighted by molar-refractivity contribution is 7.92. The summed E-state index contributed by atoms with van der Waals surface area (Å²) >= 11 is 0. The Labute approximate surface area is 208 Å². The molecule has 0 aliphatic heterocycles. The lowest BCUT2D eigenvalue weighted by Crippen LogP contribution is -2.15. The number of carbonyl (C=O) groups is 1. The Kier molecular flexibility index (Phi) is 6.22. The van der Waals surface area contributed by atoms with Gasteiger partial charge in [-0.2, -0.15) is 0 Å². The predicted molar refractivity (Wildman–Crippen MR) is 139 cm³/mol. The van der Waals surface area contributed by atoms with Gasteiger partial charge in [0.05, 0.1) is 22.6 Å². The van der Waals surface area contributed by atoms with Gasteiger partial charge in [0.1, 0.15) is 5.52 Å². The van der Waals surface area contributed by atoms with Gasteiger partial charge in [0.15, 0.2) is 0 Å². The van der Waals surface area contributed by atoms with Crippen LogP contribution in [0.25, 0.3) is 11.0 Å². The van der Waals surface area contributed by atoms with Crippen molar-refractivity contribution in [3.63, 3.8) is 0 Å². The second-order valence-corrected chi connectivity index (χ2v) is 10.0. The first kappa shape index (κ1) is 23.3. The number of hydrogen-bond acceptors (Lipinski definition) is 5. The number of hydrogen-bond donors (Lipinski definition) is 2. The summed E-state index contributed by atoms with van der Waals surface area (Å²) in [6.45, 7) is 2.33. The predicted octanol–water partition coefficient (Wildman–Crippen LogP) is 4.84. The van der Waals surface area contributed by atoms with Gasteiger partial charge in [0.25, 0.3) is 15.9 Å². The van der Waals surface area contributed by atoms with Gasteiger partial charge in [-0.3, -0.25) is 9.52 Å². The highest BCUT2D eigenvalue weighted by Gasteiger charge is 2.16. The van der Waals surface area contributed by atoms with Crippen molar-refractivity contribution in [1.82, 2.24) is 15.0 Å². The first-order valence-electron chi connectivity index (χ1n) is 11.3. The summed E-state index contributed by atoms with van der Waals surface area (Å²) in [7, 11) is -3.75. The number of aryl methyl sites for hydroxylation is 1. The molecular weight excluding hydrogens is 474 g/mol. The van der Waals surface area contributed by atoms with E-state index >= 15 is 0 Å². The van der Waals surface area contributed by atoms with Gasteiger partial charge in [-0.05, 0) is 66.6 Å². The van der Waals surface area contributed by atoms with Crippen LogP contribution in [0, 0.1) is 6.92 Å². The lowest BCUT2D eigenvalue weighted by molar-refractivity contribution is 0.102. The smallest absolute Gasteiger partial charge is 0.261 e. The normalized spacial score (nSPS) is 11.4. The van der Waals surface area contributed by atoms with E-state index in [4.69, 9.17) is 0 Å². The van der Waals surface area contributed by atoms with Crippen molar-refractivity contribution >= 4 is 38.3 Å². The Balaban J connectivity index is 1.28. The van der Waals surface area contributed by atoms with Gasteiger partial charge in [0, 0.05) is 11.3 Å². The summed E-state index contributed by atoms with van der Waals surface area (Å²) in [5.41, 5.74) is 4.85. The van der Waals surface area contributed by atoms with Crippen LogP contribution < -0.4 is 10.0 Å². The minimum atomic E-state index is -3.75. The molecule has 0 spiro atoms. The Hall–Kier alpha value is -4.50. The van der Waals surface area contributed by atoms with Crippen molar-refractivity contribution in [2.24, 2.45) is 0 Å². The molecule has 0 atom stereocenters. The van der Waals surface area contributed by atoms with E-state index in [-0.39, 0.29) is 10.8 Å². The van der Waals surface area contributed by atoms with Crippen LogP contribution in [0.2, 0.25) is 0 Å². The Morgan fingerprint density at radius 2 is 1.61 bits per heavy atom. The van der Waals surface area contributed by atoms with Gasteiger partial charge < -0.3 is 5.32 Å². The van der Waals surface area contributed by atoms with E-state index in [1.165, 1.54) is 12.1 Å². The molecule has 180 valence electrons. The van der Waals surface area contributed by atoms with E-state index in [1.54, 1.807) is 55.5 Å². The first-order valence-corrected chi connectivity index (χ1v) is 12.7. The van der Waals surface area contributed by atoms with E-state index in [9.17, 15) is 13.2 Å². The van der Waals surface area contributed by atoms with Gasteiger partial charge in [-0.1, -0.05) is 53.7 Å². The topological polar surface area (TPSA) is 106 Å². The van der Waals surface area contributed by atoms with E-state index in [0.29, 0.717) is 23.5 Å². The molecule has 1 amide bonds. The average molecular weight is 498 g/mol. The molecule has 0 aliphatic rings. The van der Waals surface area contributed by atoms with Crippen molar-refractivity contribution in [1.29, 1.82) is 0 Å². The number of benzene rings is 4. The van der Waals surface area contributed by atoms with E-state index in [1.807, 2.05) is 41.1 Å². The molecule has 2 N–H and O–H groups in total. The van der Waals surface area contributed by atoms with Gasteiger partial charge in [-0.25, -0.2) is 13.1 Å². The zero-order valence-electron chi connectivity index (χ0n) is 19.4. The minimum absolute atomic E-state index is 0.165. The standard InChI is InChI=1S/C27H23N5O3S/c1-19-11-16-22(17-25(19)30-36(34,35)23-7-3-2-4-8-23)28-27(33)21-14-12-20(13-15-21)18-32-26-10-6-5-9-24(26)29-31-32/h2-17,30H,18H2,1H3,(H,28,33). The molecule has 0 saturated heterocycles. The van der Waals surface area contributed by atoms with Crippen molar-refractivity contribution in [2.45, 2.75) is 18.4 Å². The average Bonchev–Trinajstić information content (AvgIpc) is 3.29. The number of amides is 1. The molecule has 0 aliphatic carbocycles. The van der Waals surface area contributed by atoms with E-state index in [2.05, 4.69) is 20.4 Å². The molecular formula is C27H23N5O3S. The maximum atomic E-state index is 12.8. The van der Waals surface area contributed by atoms with Crippen LogP contribution >= 0.6 is 0 Å². The van der Waals surface area contributed by atoms with E-state index in [0.717, 1.165) is 22.2 Å². The van der Waals surface area contributed by atoms with E-state index < -0.39 is 10.0 Å². The first-order chi connectivity index (χ1) is 17.4. The highest BCUT2D eigenvalue weighted by Crippen LogP contribution is 2.24. The highest BCUT2D eigenvalue weighted by atomic mass is 32.2. The fourth-order valence-corrected chi connectivity index (χ4v) is 4.93. The van der Waals surface area contributed by atoms with Crippen LogP contribution in [0.15, 0.2) is 102 Å². The maximum absolute atomic E-state index is 12.8. The Bertz CT molecular complexity index is 1650. The SMILES string of the molecule is Cc1ccc(NC(=O)c2ccc(Cn3nnc4ccccc43)cc2)cc1NS(=O)(=O)c1ccccc1. The molecule has 36 heavy (non-hydrogen) atoms. The molecule has 8 nitrogen and oxygen atoms in total. The number of nitrogens with zero attached hydrogens (tertiary/aromatic N) is 3. The monoisotopic (exact) mass is 497 g/mol. The summed E-state index contributed by atoms with van der Waals surface area (Å²) in [6.07, 6.45) is 0.